The number of ether oxygens (including phenoxy) is 4. The molecule has 0 heterocycles. The molecule has 2 unspecified atom stereocenters. The Balaban J connectivity index is 4.42. The number of carbonyl (C=O) groups excluding carboxylic acids is 2. The molecule has 0 aliphatic rings. The average molecular weight is 873 g/mol. The first-order valence-electron chi connectivity index (χ1n) is 25.0. The lowest BCUT2D eigenvalue weighted by Crippen LogP contribution is -2.40. The summed E-state index contributed by atoms with van der Waals surface area (Å²) >= 11 is 0. The third-order valence-electron chi connectivity index (χ3n) is 10.5. The second-order valence-electron chi connectivity index (χ2n) is 17.8. The van der Waals surface area contributed by atoms with Crippen molar-refractivity contribution < 1.29 is 42.9 Å². The molecule has 0 aromatic rings. The van der Waals surface area contributed by atoms with Gasteiger partial charge in [-0.05, 0) is 57.8 Å². The summed E-state index contributed by atoms with van der Waals surface area (Å²) in [5, 5.41) is 9.66. The summed E-state index contributed by atoms with van der Waals surface area (Å²) in [5.41, 5.74) is 0. The first-order valence-corrected chi connectivity index (χ1v) is 25.0. The highest BCUT2D eigenvalue weighted by Gasteiger charge is 2.25. The molecule has 0 aliphatic heterocycles. The van der Waals surface area contributed by atoms with Crippen LogP contribution in [0.25, 0.3) is 0 Å². The summed E-state index contributed by atoms with van der Waals surface area (Å²) in [6, 6.07) is 0. The van der Waals surface area contributed by atoms with Crippen molar-refractivity contribution in [2.24, 2.45) is 0 Å². The van der Waals surface area contributed by atoms with Crippen molar-refractivity contribution in [2.75, 3.05) is 47.5 Å². The van der Waals surface area contributed by atoms with Gasteiger partial charge in [-0.25, -0.2) is 4.79 Å². The SMILES string of the molecule is CC/C=C\C/C=C\C/C=C\C/C=C\C/C=C\CCCCCC(=O)OC(COC(=O)CCCCCCCCCCCCCCCCCCCC)COC(OCC[N+](C)(C)C)C(=O)O. The van der Waals surface area contributed by atoms with Crippen molar-refractivity contribution in [2.45, 2.75) is 212 Å². The normalized spacial score (nSPS) is 13.4. The Morgan fingerprint density at radius 2 is 0.919 bits per heavy atom. The minimum Gasteiger partial charge on any atom is -0.477 e. The van der Waals surface area contributed by atoms with Crippen LogP contribution in [0, 0.1) is 0 Å². The molecule has 0 aliphatic carbocycles. The van der Waals surface area contributed by atoms with Crippen LogP contribution in [0.2, 0.25) is 0 Å². The van der Waals surface area contributed by atoms with Gasteiger partial charge in [0.1, 0.15) is 13.2 Å². The molecule has 0 amide bonds. The molecular weight excluding hydrogens is 779 g/mol. The molecular formula is C53H94NO8+. The lowest BCUT2D eigenvalue weighted by molar-refractivity contribution is -0.870. The molecule has 0 radical (unpaired) electrons. The van der Waals surface area contributed by atoms with E-state index in [0.717, 1.165) is 70.6 Å². The fourth-order valence-electron chi connectivity index (χ4n) is 6.69. The van der Waals surface area contributed by atoms with E-state index in [1.54, 1.807) is 0 Å². The second-order valence-corrected chi connectivity index (χ2v) is 17.8. The number of carboxylic acid groups (broad SMARTS) is 1. The maximum Gasteiger partial charge on any atom is 0.361 e. The van der Waals surface area contributed by atoms with Crippen LogP contribution in [-0.2, 0) is 33.3 Å². The molecule has 358 valence electrons. The van der Waals surface area contributed by atoms with Crippen molar-refractivity contribution in [3.05, 3.63) is 60.8 Å². The van der Waals surface area contributed by atoms with Crippen LogP contribution in [0.1, 0.15) is 200 Å². The third-order valence-corrected chi connectivity index (χ3v) is 10.5. The topological polar surface area (TPSA) is 108 Å². The minimum absolute atomic E-state index is 0.179. The molecule has 0 saturated heterocycles. The number of allylic oxidation sites excluding steroid dienone is 10. The van der Waals surface area contributed by atoms with Crippen LogP contribution in [-0.4, -0.2) is 87.4 Å². The summed E-state index contributed by atoms with van der Waals surface area (Å²) in [6.45, 7) is 4.73. The maximum absolute atomic E-state index is 12.8. The Labute approximate surface area is 380 Å². The van der Waals surface area contributed by atoms with E-state index in [9.17, 15) is 19.5 Å². The smallest absolute Gasteiger partial charge is 0.361 e. The number of quaternary nitrogens is 1. The van der Waals surface area contributed by atoms with Crippen LogP contribution in [0.4, 0.5) is 0 Å². The predicted octanol–water partition coefficient (Wildman–Crippen LogP) is 13.7. The van der Waals surface area contributed by atoms with Gasteiger partial charge in [0.05, 0.1) is 34.4 Å². The molecule has 9 nitrogen and oxygen atoms in total. The van der Waals surface area contributed by atoms with Crippen LogP contribution >= 0.6 is 0 Å². The molecule has 0 bridgehead atoms. The van der Waals surface area contributed by atoms with E-state index in [1.165, 1.54) is 96.3 Å². The first kappa shape index (κ1) is 59.0. The zero-order chi connectivity index (χ0) is 45.6. The monoisotopic (exact) mass is 873 g/mol. The molecule has 0 rings (SSSR count). The van der Waals surface area contributed by atoms with E-state index in [4.69, 9.17) is 18.9 Å². The van der Waals surface area contributed by atoms with Gasteiger partial charge in [-0.1, -0.05) is 190 Å². The van der Waals surface area contributed by atoms with Gasteiger partial charge in [0.15, 0.2) is 6.10 Å². The number of carbonyl (C=O) groups is 3. The summed E-state index contributed by atoms with van der Waals surface area (Å²) in [5.74, 6) is -2.05. The van der Waals surface area contributed by atoms with Gasteiger partial charge in [0.2, 0.25) is 0 Å². The molecule has 1 N–H and O–H groups in total. The van der Waals surface area contributed by atoms with E-state index in [2.05, 4.69) is 74.6 Å². The highest BCUT2D eigenvalue weighted by molar-refractivity contribution is 5.71. The Hall–Kier alpha value is -3.01. The standard InChI is InChI=1S/C53H93NO8/c1-6-8-10-12-14-16-18-20-22-24-26-28-30-32-34-36-38-40-42-44-51(56)62-49(48-61-53(52(57)58)59-46-45-54(3,4)5)47-60-50(55)43-41-39-37-35-33-31-29-27-25-23-21-19-17-15-13-11-9-7-2/h8,10,14,16,20,22,26,28,32,34,49,53H,6-7,9,11-13,15,17-19,21,23-25,27,29-31,33,35-48H2,1-5H3/p+1/b10-8-,16-14-,22-20-,28-26-,34-32-. The Morgan fingerprint density at radius 1 is 0.500 bits per heavy atom. The van der Waals surface area contributed by atoms with E-state index < -0.39 is 24.3 Å². The molecule has 9 heteroatoms. The number of rotatable bonds is 45. The summed E-state index contributed by atoms with van der Waals surface area (Å²) in [6.07, 6.45) is 51.4. The number of hydrogen-bond acceptors (Lipinski definition) is 7. The number of aliphatic carboxylic acids is 1. The number of unbranched alkanes of at least 4 members (excludes halogenated alkanes) is 20. The van der Waals surface area contributed by atoms with Crippen molar-refractivity contribution in [1.82, 2.24) is 0 Å². The highest BCUT2D eigenvalue weighted by Crippen LogP contribution is 2.15. The van der Waals surface area contributed by atoms with Crippen molar-refractivity contribution in [3.8, 4) is 0 Å². The molecule has 2 atom stereocenters. The fourth-order valence-corrected chi connectivity index (χ4v) is 6.69. The maximum atomic E-state index is 12.8. The highest BCUT2D eigenvalue weighted by atomic mass is 16.7. The van der Waals surface area contributed by atoms with E-state index in [-0.39, 0.29) is 32.2 Å². The number of likely N-dealkylation sites (N-methyl/N-ethyl adjacent to an activating group) is 1. The van der Waals surface area contributed by atoms with Crippen LogP contribution in [0.15, 0.2) is 60.8 Å². The van der Waals surface area contributed by atoms with Gasteiger partial charge in [-0.15, -0.1) is 0 Å². The van der Waals surface area contributed by atoms with E-state index in [0.29, 0.717) is 23.9 Å². The summed E-state index contributed by atoms with van der Waals surface area (Å²) in [4.78, 5) is 37.2. The summed E-state index contributed by atoms with van der Waals surface area (Å²) < 4.78 is 22.8. The predicted molar refractivity (Wildman–Crippen MR) is 258 cm³/mol. The van der Waals surface area contributed by atoms with Gasteiger partial charge in [0.25, 0.3) is 6.29 Å². The van der Waals surface area contributed by atoms with Crippen molar-refractivity contribution in [3.63, 3.8) is 0 Å². The molecule has 0 aromatic carbocycles. The zero-order valence-corrected chi connectivity index (χ0v) is 40.5. The lowest BCUT2D eigenvalue weighted by Gasteiger charge is -2.25. The second kappa shape index (κ2) is 44.6. The Kier molecular flexibility index (Phi) is 42.4. The van der Waals surface area contributed by atoms with Crippen LogP contribution < -0.4 is 0 Å². The summed E-state index contributed by atoms with van der Waals surface area (Å²) in [7, 11) is 5.95. The molecule has 62 heavy (non-hydrogen) atoms. The van der Waals surface area contributed by atoms with Crippen molar-refractivity contribution >= 4 is 17.9 Å². The van der Waals surface area contributed by atoms with Crippen LogP contribution in [0.5, 0.6) is 0 Å². The molecule has 0 aromatic heterocycles. The number of nitrogens with zero attached hydrogens (tertiary/aromatic N) is 1. The molecule has 0 saturated carbocycles. The number of carboxylic acids is 1. The lowest BCUT2D eigenvalue weighted by atomic mass is 10.0. The average Bonchev–Trinajstić information content (AvgIpc) is 3.23. The van der Waals surface area contributed by atoms with Crippen molar-refractivity contribution in [1.29, 1.82) is 0 Å². The minimum atomic E-state index is -1.52. The van der Waals surface area contributed by atoms with Gasteiger partial charge in [0, 0.05) is 12.8 Å². The Morgan fingerprint density at radius 3 is 1.37 bits per heavy atom. The molecule has 0 fully saturated rings. The number of esters is 2. The third kappa shape index (κ3) is 45.0. The largest absolute Gasteiger partial charge is 0.477 e. The Bertz CT molecular complexity index is 1200. The molecule has 0 spiro atoms. The van der Waals surface area contributed by atoms with Crippen LogP contribution in [0.3, 0.4) is 0 Å². The fraction of sp³-hybridized carbons (Fsp3) is 0.755. The quantitative estimate of drug-likeness (QED) is 0.0212. The number of hydrogen-bond donors (Lipinski definition) is 1. The van der Waals surface area contributed by atoms with Gasteiger partial charge in [-0.3, -0.25) is 9.59 Å². The first-order chi connectivity index (χ1) is 30.1. The zero-order valence-electron chi connectivity index (χ0n) is 40.5. The van der Waals surface area contributed by atoms with E-state index >= 15 is 0 Å². The van der Waals surface area contributed by atoms with Gasteiger partial charge >= 0.3 is 17.9 Å². The van der Waals surface area contributed by atoms with Gasteiger partial charge < -0.3 is 28.5 Å². The van der Waals surface area contributed by atoms with Gasteiger partial charge in [-0.2, -0.15) is 0 Å². The van der Waals surface area contributed by atoms with E-state index in [1.807, 2.05) is 21.1 Å².